The summed E-state index contributed by atoms with van der Waals surface area (Å²) >= 11 is 1.53. The lowest BCUT2D eigenvalue weighted by Crippen LogP contribution is -2.40. The van der Waals surface area contributed by atoms with Gasteiger partial charge < -0.3 is 9.80 Å². The summed E-state index contributed by atoms with van der Waals surface area (Å²) in [5.74, 6) is 1.88. The van der Waals surface area contributed by atoms with Crippen molar-refractivity contribution in [2.24, 2.45) is 5.92 Å². The van der Waals surface area contributed by atoms with E-state index in [0.717, 1.165) is 38.4 Å². The number of nitrogens with zero attached hydrogens (tertiary/aromatic N) is 2. The van der Waals surface area contributed by atoms with E-state index in [-0.39, 0.29) is 22.7 Å². The molecule has 2 rings (SSSR count). The first-order chi connectivity index (χ1) is 10.4. The van der Waals surface area contributed by atoms with Crippen LogP contribution in [0.5, 0.6) is 0 Å². The molecule has 0 spiro atoms. The highest BCUT2D eigenvalue weighted by Gasteiger charge is 2.29. The van der Waals surface area contributed by atoms with Crippen molar-refractivity contribution in [1.29, 1.82) is 0 Å². The summed E-state index contributed by atoms with van der Waals surface area (Å²) in [6.45, 7) is 2.84. The summed E-state index contributed by atoms with van der Waals surface area (Å²) in [6.07, 6.45) is 4.11. The molecule has 2 saturated heterocycles. The van der Waals surface area contributed by atoms with Crippen molar-refractivity contribution < 1.29 is 13.2 Å². The van der Waals surface area contributed by atoms with E-state index in [2.05, 4.69) is 19.0 Å². The molecule has 2 heterocycles. The molecule has 2 fully saturated rings. The predicted octanol–water partition coefficient (Wildman–Crippen LogP) is 1.10. The van der Waals surface area contributed by atoms with E-state index in [1.165, 1.54) is 18.2 Å². The van der Waals surface area contributed by atoms with Gasteiger partial charge in [0.2, 0.25) is 5.91 Å². The van der Waals surface area contributed by atoms with Crippen LogP contribution in [0.1, 0.15) is 25.7 Å². The van der Waals surface area contributed by atoms with Gasteiger partial charge in [0.15, 0.2) is 9.84 Å². The van der Waals surface area contributed by atoms with Crippen LogP contribution in [0.25, 0.3) is 0 Å². The lowest BCUT2D eigenvalue weighted by atomic mass is 9.93. The largest absolute Gasteiger partial charge is 0.342 e. The van der Waals surface area contributed by atoms with Gasteiger partial charge in [-0.15, -0.1) is 11.8 Å². The van der Waals surface area contributed by atoms with Crippen LogP contribution in [-0.2, 0) is 14.6 Å². The molecule has 1 atom stereocenters. The van der Waals surface area contributed by atoms with Crippen molar-refractivity contribution in [3.8, 4) is 0 Å². The van der Waals surface area contributed by atoms with Crippen LogP contribution in [0, 0.1) is 5.92 Å². The number of hydrogen-bond acceptors (Lipinski definition) is 5. The number of carbonyl (C=O) groups excluding carboxylic acids is 1. The molecule has 5 nitrogen and oxygen atoms in total. The number of piperidine rings is 1. The van der Waals surface area contributed by atoms with E-state index >= 15 is 0 Å². The minimum Gasteiger partial charge on any atom is -0.342 e. The van der Waals surface area contributed by atoms with Gasteiger partial charge in [-0.25, -0.2) is 8.42 Å². The minimum absolute atomic E-state index is 0.117. The van der Waals surface area contributed by atoms with Crippen LogP contribution in [0.4, 0.5) is 0 Å². The Kier molecular flexibility index (Phi) is 6.58. The Hall–Kier alpha value is -0.270. The Bertz CT molecular complexity index is 471. The molecule has 0 saturated carbocycles. The topological polar surface area (TPSA) is 57.7 Å². The second-order valence-corrected chi connectivity index (χ2v) is 10.3. The summed E-state index contributed by atoms with van der Waals surface area (Å²) in [6, 6.07) is 0. The van der Waals surface area contributed by atoms with Crippen LogP contribution >= 0.6 is 11.8 Å². The predicted molar refractivity (Wildman–Crippen MR) is 92.0 cm³/mol. The van der Waals surface area contributed by atoms with Gasteiger partial charge in [-0.3, -0.25) is 4.79 Å². The summed E-state index contributed by atoms with van der Waals surface area (Å²) in [4.78, 5) is 16.4. The second kappa shape index (κ2) is 8.02. The molecule has 22 heavy (non-hydrogen) atoms. The number of sulfone groups is 1. The normalized spacial score (nSPS) is 25.8. The van der Waals surface area contributed by atoms with Gasteiger partial charge in [-0.1, -0.05) is 0 Å². The van der Waals surface area contributed by atoms with Crippen LogP contribution < -0.4 is 0 Å². The Morgan fingerprint density at radius 3 is 2.45 bits per heavy atom. The maximum Gasteiger partial charge on any atom is 0.232 e. The van der Waals surface area contributed by atoms with E-state index in [9.17, 15) is 13.2 Å². The fourth-order valence-electron chi connectivity index (χ4n) is 3.08. The van der Waals surface area contributed by atoms with E-state index in [0.29, 0.717) is 12.2 Å². The molecule has 0 radical (unpaired) electrons. The fourth-order valence-corrected chi connectivity index (χ4v) is 6.63. The van der Waals surface area contributed by atoms with Gasteiger partial charge in [0.25, 0.3) is 0 Å². The summed E-state index contributed by atoms with van der Waals surface area (Å²) in [5, 5.41) is 0.117. The Labute approximate surface area is 138 Å². The quantitative estimate of drug-likeness (QED) is 0.719. The molecule has 1 amide bonds. The number of carbonyl (C=O) groups is 1. The van der Waals surface area contributed by atoms with Gasteiger partial charge in [-0.2, -0.15) is 0 Å². The first-order valence-corrected chi connectivity index (χ1v) is 11.0. The van der Waals surface area contributed by atoms with Crippen molar-refractivity contribution in [2.75, 3.05) is 51.0 Å². The van der Waals surface area contributed by atoms with Gasteiger partial charge in [0, 0.05) is 18.3 Å². The maximum atomic E-state index is 12.2. The highest BCUT2D eigenvalue weighted by molar-refractivity contribution is 8.02. The van der Waals surface area contributed by atoms with E-state index in [1.807, 2.05) is 4.90 Å². The van der Waals surface area contributed by atoms with Crippen LogP contribution in [0.15, 0.2) is 0 Å². The third kappa shape index (κ3) is 5.74. The fraction of sp³-hybridized carbons (Fsp3) is 0.933. The highest BCUT2D eigenvalue weighted by Crippen LogP contribution is 2.26. The molecule has 0 bridgehead atoms. The van der Waals surface area contributed by atoms with Gasteiger partial charge in [0.1, 0.15) is 0 Å². The molecule has 0 aromatic heterocycles. The molecule has 128 valence electrons. The molecule has 0 N–H and O–H groups in total. The van der Waals surface area contributed by atoms with E-state index in [4.69, 9.17) is 0 Å². The SMILES string of the molecule is CN(C)CCC1CCN(C(=O)CSC2CCS(=O)(=O)C2)CC1. The second-order valence-electron chi connectivity index (χ2n) is 6.75. The van der Waals surface area contributed by atoms with E-state index < -0.39 is 9.84 Å². The first-order valence-electron chi connectivity index (χ1n) is 8.10. The Morgan fingerprint density at radius 2 is 1.91 bits per heavy atom. The first kappa shape index (κ1) is 18.1. The monoisotopic (exact) mass is 348 g/mol. The number of rotatable bonds is 6. The van der Waals surface area contributed by atoms with Crippen LogP contribution in [0.3, 0.4) is 0 Å². The number of amides is 1. The highest BCUT2D eigenvalue weighted by atomic mass is 32.2. The molecule has 7 heteroatoms. The van der Waals surface area contributed by atoms with Gasteiger partial charge in [-0.05, 0) is 52.2 Å². The van der Waals surface area contributed by atoms with Crippen LogP contribution in [-0.4, -0.2) is 80.4 Å². The molecular weight excluding hydrogens is 320 g/mol. The van der Waals surface area contributed by atoms with Crippen molar-refractivity contribution >= 4 is 27.5 Å². The third-order valence-electron chi connectivity index (χ3n) is 4.58. The van der Waals surface area contributed by atoms with Crippen molar-refractivity contribution in [3.63, 3.8) is 0 Å². The number of likely N-dealkylation sites (tertiary alicyclic amines) is 1. The third-order valence-corrected chi connectivity index (χ3v) is 7.85. The van der Waals surface area contributed by atoms with Gasteiger partial charge in [0.05, 0.1) is 17.3 Å². The maximum absolute atomic E-state index is 12.2. The van der Waals surface area contributed by atoms with Crippen LogP contribution in [0.2, 0.25) is 0 Å². The molecule has 0 aromatic carbocycles. The number of thioether (sulfide) groups is 1. The molecule has 1 unspecified atom stereocenters. The number of hydrogen-bond donors (Lipinski definition) is 0. The van der Waals surface area contributed by atoms with Crippen molar-refractivity contribution in [2.45, 2.75) is 30.9 Å². The molecular formula is C15H28N2O3S2. The lowest BCUT2D eigenvalue weighted by Gasteiger charge is -2.32. The lowest BCUT2D eigenvalue weighted by molar-refractivity contribution is -0.129. The zero-order valence-electron chi connectivity index (χ0n) is 13.7. The van der Waals surface area contributed by atoms with Crippen molar-refractivity contribution in [3.05, 3.63) is 0 Å². The van der Waals surface area contributed by atoms with E-state index in [1.54, 1.807) is 0 Å². The molecule has 0 aromatic rings. The molecule has 2 aliphatic heterocycles. The molecule has 0 aliphatic carbocycles. The zero-order valence-corrected chi connectivity index (χ0v) is 15.3. The van der Waals surface area contributed by atoms with Gasteiger partial charge >= 0.3 is 0 Å². The Morgan fingerprint density at radius 1 is 1.23 bits per heavy atom. The average Bonchev–Trinajstić information content (AvgIpc) is 2.82. The Balaban J connectivity index is 1.65. The molecule has 2 aliphatic rings. The smallest absolute Gasteiger partial charge is 0.232 e. The minimum atomic E-state index is -2.84. The standard InChI is InChI=1S/C15H28N2O3S2/c1-16(2)7-3-13-4-8-17(9-5-13)15(18)11-21-14-6-10-22(19,20)12-14/h13-14H,3-12H2,1-2H3. The summed E-state index contributed by atoms with van der Waals surface area (Å²) in [5.41, 5.74) is 0. The summed E-state index contributed by atoms with van der Waals surface area (Å²) < 4.78 is 22.8. The zero-order chi connectivity index (χ0) is 16.2. The summed E-state index contributed by atoms with van der Waals surface area (Å²) in [7, 11) is 1.35. The van der Waals surface area contributed by atoms with Crippen molar-refractivity contribution in [1.82, 2.24) is 9.80 Å². The average molecular weight is 349 g/mol.